The largest absolute Gasteiger partial charge is 0.481 e. The Labute approximate surface area is 124 Å². The lowest BCUT2D eigenvalue weighted by Crippen LogP contribution is -2.37. The quantitative estimate of drug-likeness (QED) is 0.678. The van der Waals surface area contributed by atoms with E-state index in [1.54, 1.807) is 27.1 Å². The molecule has 1 aromatic carbocycles. The van der Waals surface area contributed by atoms with Crippen molar-refractivity contribution in [2.45, 2.75) is 26.0 Å². The smallest absolute Gasteiger partial charge is 0.260 e. The van der Waals surface area contributed by atoms with Crippen molar-refractivity contribution < 1.29 is 18.7 Å². The monoisotopic (exact) mass is 298 g/mol. The van der Waals surface area contributed by atoms with Gasteiger partial charge in [0.15, 0.2) is 6.10 Å². The number of carbonyl (C=O) groups excluding carboxylic acids is 1. The van der Waals surface area contributed by atoms with Crippen molar-refractivity contribution in [2.75, 3.05) is 27.3 Å². The number of hydrogen-bond acceptors (Lipinski definition) is 4. The van der Waals surface area contributed by atoms with Gasteiger partial charge in [-0.05, 0) is 38.1 Å². The topological polar surface area (TPSA) is 59.6 Å². The average Bonchev–Trinajstić information content (AvgIpc) is 2.43. The zero-order valence-electron chi connectivity index (χ0n) is 12.7. The van der Waals surface area contributed by atoms with Gasteiger partial charge in [-0.1, -0.05) is 0 Å². The predicted molar refractivity (Wildman–Crippen MR) is 78.8 cm³/mol. The number of benzene rings is 1. The number of amides is 1. The third-order valence-electron chi connectivity index (χ3n) is 2.82. The maximum Gasteiger partial charge on any atom is 0.260 e. The van der Waals surface area contributed by atoms with E-state index in [0.717, 1.165) is 12.0 Å². The van der Waals surface area contributed by atoms with Gasteiger partial charge in [0, 0.05) is 32.9 Å². The summed E-state index contributed by atoms with van der Waals surface area (Å²) < 4.78 is 23.9. The lowest BCUT2D eigenvalue weighted by molar-refractivity contribution is -0.127. The van der Waals surface area contributed by atoms with Gasteiger partial charge in [0.05, 0.1) is 0 Å². The minimum Gasteiger partial charge on any atom is -0.481 e. The second-order valence-electron chi connectivity index (χ2n) is 4.72. The maximum absolute atomic E-state index is 13.5. The van der Waals surface area contributed by atoms with Crippen LogP contribution in [0.5, 0.6) is 5.75 Å². The molecule has 0 bridgehead atoms. The van der Waals surface area contributed by atoms with Gasteiger partial charge in [-0.25, -0.2) is 4.39 Å². The molecule has 0 radical (unpaired) electrons. The van der Waals surface area contributed by atoms with Gasteiger partial charge in [-0.2, -0.15) is 0 Å². The molecule has 0 saturated heterocycles. The Morgan fingerprint density at radius 3 is 2.81 bits per heavy atom. The molecule has 1 aromatic rings. The first-order chi connectivity index (χ1) is 10.1. The number of nitrogens with one attached hydrogen (secondary N) is 2. The van der Waals surface area contributed by atoms with Crippen molar-refractivity contribution in [2.24, 2.45) is 0 Å². The van der Waals surface area contributed by atoms with E-state index in [1.165, 1.54) is 12.1 Å². The molecule has 118 valence electrons. The van der Waals surface area contributed by atoms with Gasteiger partial charge < -0.3 is 20.1 Å². The molecule has 0 saturated carbocycles. The van der Waals surface area contributed by atoms with Crippen LogP contribution >= 0.6 is 0 Å². The standard InChI is InChI=1S/C15H23FN2O3/c1-11(15(19)18-5-4-6-20-3)21-14-8-12(10-17-2)7-13(16)9-14/h7-9,11,17H,4-6,10H2,1-3H3,(H,18,19). The lowest BCUT2D eigenvalue weighted by Gasteiger charge is -2.15. The van der Waals surface area contributed by atoms with Crippen LogP contribution in [-0.2, 0) is 16.1 Å². The Bertz CT molecular complexity index is 455. The molecule has 0 fully saturated rings. The molecule has 1 rings (SSSR count). The first kappa shape index (κ1) is 17.4. The van der Waals surface area contributed by atoms with Crippen molar-refractivity contribution in [1.82, 2.24) is 10.6 Å². The Morgan fingerprint density at radius 1 is 1.38 bits per heavy atom. The Kier molecular flexibility index (Phi) is 7.71. The van der Waals surface area contributed by atoms with E-state index in [0.29, 0.717) is 25.4 Å². The van der Waals surface area contributed by atoms with Crippen molar-refractivity contribution in [3.63, 3.8) is 0 Å². The fourth-order valence-corrected chi connectivity index (χ4v) is 1.82. The highest BCUT2D eigenvalue weighted by Gasteiger charge is 2.14. The SMILES string of the molecule is CNCc1cc(F)cc(OC(C)C(=O)NCCCOC)c1. The van der Waals surface area contributed by atoms with E-state index in [4.69, 9.17) is 9.47 Å². The van der Waals surface area contributed by atoms with Crippen LogP contribution in [0.25, 0.3) is 0 Å². The number of halogens is 1. The van der Waals surface area contributed by atoms with Gasteiger partial charge in [-0.3, -0.25) is 4.79 Å². The van der Waals surface area contributed by atoms with Crippen LogP contribution in [0.1, 0.15) is 18.9 Å². The van der Waals surface area contributed by atoms with Crippen molar-refractivity contribution in [3.05, 3.63) is 29.6 Å². The lowest BCUT2D eigenvalue weighted by atomic mass is 10.2. The second kappa shape index (κ2) is 9.31. The molecule has 21 heavy (non-hydrogen) atoms. The van der Waals surface area contributed by atoms with Crippen LogP contribution in [0, 0.1) is 5.82 Å². The van der Waals surface area contributed by atoms with E-state index >= 15 is 0 Å². The van der Waals surface area contributed by atoms with Gasteiger partial charge in [0.2, 0.25) is 0 Å². The van der Waals surface area contributed by atoms with Crippen molar-refractivity contribution in [3.8, 4) is 5.75 Å². The third kappa shape index (κ3) is 6.55. The zero-order chi connectivity index (χ0) is 15.7. The van der Waals surface area contributed by atoms with E-state index in [2.05, 4.69) is 10.6 Å². The van der Waals surface area contributed by atoms with Crippen LogP contribution < -0.4 is 15.4 Å². The zero-order valence-corrected chi connectivity index (χ0v) is 12.7. The molecule has 0 aliphatic rings. The van der Waals surface area contributed by atoms with Gasteiger partial charge in [0.1, 0.15) is 11.6 Å². The summed E-state index contributed by atoms with van der Waals surface area (Å²) in [5, 5.41) is 5.68. The number of carbonyl (C=O) groups is 1. The van der Waals surface area contributed by atoms with Gasteiger partial charge >= 0.3 is 0 Å². The maximum atomic E-state index is 13.5. The molecular formula is C15H23FN2O3. The molecular weight excluding hydrogens is 275 g/mol. The van der Waals surface area contributed by atoms with Crippen LogP contribution in [0.15, 0.2) is 18.2 Å². The van der Waals surface area contributed by atoms with Crippen LogP contribution in [-0.4, -0.2) is 39.3 Å². The molecule has 0 heterocycles. The first-order valence-electron chi connectivity index (χ1n) is 6.94. The summed E-state index contributed by atoms with van der Waals surface area (Å²) in [5.41, 5.74) is 0.764. The molecule has 6 heteroatoms. The minimum absolute atomic E-state index is 0.231. The van der Waals surface area contributed by atoms with E-state index in [1.807, 2.05) is 0 Å². The second-order valence-corrected chi connectivity index (χ2v) is 4.72. The molecule has 1 atom stereocenters. The summed E-state index contributed by atoms with van der Waals surface area (Å²) in [6, 6.07) is 4.42. The van der Waals surface area contributed by atoms with Crippen LogP contribution in [0.3, 0.4) is 0 Å². The summed E-state index contributed by atoms with van der Waals surface area (Å²) in [4.78, 5) is 11.8. The van der Waals surface area contributed by atoms with Crippen LogP contribution in [0.2, 0.25) is 0 Å². The van der Waals surface area contributed by atoms with Crippen molar-refractivity contribution in [1.29, 1.82) is 0 Å². The average molecular weight is 298 g/mol. The summed E-state index contributed by atoms with van der Waals surface area (Å²) in [5.74, 6) is -0.268. The van der Waals surface area contributed by atoms with Gasteiger partial charge in [0.25, 0.3) is 5.91 Å². The molecule has 5 nitrogen and oxygen atoms in total. The molecule has 0 spiro atoms. The number of hydrogen-bond donors (Lipinski definition) is 2. The van der Waals surface area contributed by atoms with E-state index in [-0.39, 0.29) is 11.7 Å². The third-order valence-corrected chi connectivity index (χ3v) is 2.82. The number of ether oxygens (including phenoxy) is 2. The summed E-state index contributed by atoms with van der Waals surface area (Å²) in [6.07, 6.45) is 0.0538. The molecule has 1 amide bonds. The van der Waals surface area contributed by atoms with Crippen molar-refractivity contribution >= 4 is 5.91 Å². The normalized spacial score (nSPS) is 12.0. The Hall–Kier alpha value is -1.66. The summed E-state index contributed by atoms with van der Waals surface area (Å²) in [7, 11) is 3.39. The van der Waals surface area contributed by atoms with E-state index in [9.17, 15) is 9.18 Å². The summed E-state index contributed by atoms with van der Waals surface area (Å²) >= 11 is 0. The minimum atomic E-state index is -0.684. The highest BCUT2D eigenvalue weighted by Crippen LogP contribution is 2.17. The Balaban J connectivity index is 2.53. The first-order valence-corrected chi connectivity index (χ1v) is 6.94. The molecule has 1 unspecified atom stereocenters. The van der Waals surface area contributed by atoms with E-state index < -0.39 is 6.10 Å². The highest BCUT2D eigenvalue weighted by atomic mass is 19.1. The summed E-state index contributed by atoms with van der Waals surface area (Å²) in [6.45, 7) is 3.28. The molecule has 0 aliphatic carbocycles. The Morgan fingerprint density at radius 2 is 2.14 bits per heavy atom. The van der Waals surface area contributed by atoms with Gasteiger partial charge in [-0.15, -0.1) is 0 Å². The predicted octanol–water partition coefficient (Wildman–Crippen LogP) is 1.47. The molecule has 0 aromatic heterocycles. The van der Waals surface area contributed by atoms with Crippen LogP contribution in [0.4, 0.5) is 4.39 Å². The fourth-order valence-electron chi connectivity index (χ4n) is 1.82. The fraction of sp³-hybridized carbons (Fsp3) is 0.533. The number of rotatable bonds is 9. The molecule has 2 N–H and O–H groups in total. The number of methoxy groups -OCH3 is 1. The highest BCUT2D eigenvalue weighted by molar-refractivity contribution is 5.80. The molecule has 0 aliphatic heterocycles.